The molecule has 3 heteroatoms. The van der Waals surface area contributed by atoms with E-state index in [0.29, 0.717) is 18.4 Å². The fraction of sp³-hybridized carbons (Fsp3) is 0.909. The number of ether oxygens (including phenoxy) is 1. The summed E-state index contributed by atoms with van der Waals surface area (Å²) >= 11 is 0. The molecule has 0 amide bonds. The van der Waals surface area contributed by atoms with Crippen LogP contribution in [0.1, 0.15) is 33.1 Å². The minimum Gasteiger partial charge on any atom is -0.383 e. The van der Waals surface area contributed by atoms with Gasteiger partial charge in [-0.3, -0.25) is 9.69 Å². The van der Waals surface area contributed by atoms with Crippen molar-refractivity contribution in [2.45, 2.75) is 45.2 Å². The molecule has 1 aliphatic carbocycles. The molecular weight excluding hydrogens is 178 g/mol. The van der Waals surface area contributed by atoms with Gasteiger partial charge in [-0.1, -0.05) is 6.92 Å². The van der Waals surface area contributed by atoms with Crippen LogP contribution >= 0.6 is 0 Å². The van der Waals surface area contributed by atoms with Crippen LogP contribution in [-0.4, -0.2) is 43.0 Å². The standard InChI is InChI=1S/C11H21NO2/c1-4-12(9(2)8-14-3)10-6-5-7-11(10)13/h9-10H,4-8H2,1-3H3. The average molecular weight is 199 g/mol. The molecule has 2 atom stereocenters. The number of hydrogen-bond acceptors (Lipinski definition) is 3. The van der Waals surface area contributed by atoms with Gasteiger partial charge < -0.3 is 4.74 Å². The van der Waals surface area contributed by atoms with E-state index in [-0.39, 0.29) is 6.04 Å². The van der Waals surface area contributed by atoms with Crippen molar-refractivity contribution in [3.63, 3.8) is 0 Å². The van der Waals surface area contributed by atoms with Gasteiger partial charge in [0.25, 0.3) is 0 Å². The number of methoxy groups -OCH3 is 1. The second kappa shape index (κ2) is 5.47. The van der Waals surface area contributed by atoms with Crippen LogP contribution in [0.15, 0.2) is 0 Å². The molecule has 0 bridgehead atoms. The summed E-state index contributed by atoms with van der Waals surface area (Å²) in [5, 5.41) is 0. The Morgan fingerprint density at radius 1 is 1.64 bits per heavy atom. The molecule has 1 fully saturated rings. The number of ketones is 1. The Morgan fingerprint density at radius 2 is 2.36 bits per heavy atom. The minimum atomic E-state index is 0.158. The number of rotatable bonds is 5. The largest absolute Gasteiger partial charge is 0.383 e. The first-order valence-corrected chi connectivity index (χ1v) is 5.48. The number of hydrogen-bond donors (Lipinski definition) is 0. The number of carbonyl (C=O) groups is 1. The van der Waals surface area contributed by atoms with E-state index < -0.39 is 0 Å². The van der Waals surface area contributed by atoms with Crippen molar-refractivity contribution in [3.8, 4) is 0 Å². The summed E-state index contributed by atoms with van der Waals surface area (Å²) in [5.41, 5.74) is 0. The molecule has 1 saturated carbocycles. The Morgan fingerprint density at radius 3 is 2.79 bits per heavy atom. The normalized spacial score (nSPS) is 24.6. The fourth-order valence-corrected chi connectivity index (χ4v) is 2.32. The van der Waals surface area contributed by atoms with E-state index in [1.165, 1.54) is 0 Å². The number of nitrogens with zero attached hydrogens (tertiary/aromatic N) is 1. The lowest BCUT2D eigenvalue weighted by atomic mass is 10.1. The van der Waals surface area contributed by atoms with Gasteiger partial charge >= 0.3 is 0 Å². The molecule has 0 aliphatic heterocycles. The maximum atomic E-state index is 11.6. The van der Waals surface area contributed by atoms with Crippen molar-refractivity contribution in [2.75, 3.05) is 20.3 Å². The molecule has 0 heterocycles. The zero-order valence-electron chi connectivity index (χ0n) is 9.45. The van der Waals surface area contributed by atoms with E-state index in [9.17, 15) is 4.79 Å². The molecule has 0 spiro atoms. The topological polar surface area (TPSA) is 29.5 Å². The molecule has 82 valence electrons. The molecule has 0 aromatic heterocycles. The summed E-state index contributed by atoms with van der Waals surface area (Å²) in [4.78, 5) is 13.9. The minimum absolute atomic E-state index is 0.158. The van der Waals surface area contributed by atoms with Gasteiger partial charge in [0.05, 0.1) is 12.6 Å². The van der Waals surface area contributed by atoms with Gasteiger partial charge in [0, 0.05) is 19.6 Å². The second-order valence-electron chi connectivity index (χ2n) is 4.01. The zero-order valence-corrected chi connectivity index (χ0v) is 9.45. The van der Waals surface area contributed by atoms with Crippen LogP contribution in [0.5, 0.6) is 0 Å². The third kappa shape index (κ3) is 2.55. The lowest BCUT2D eigenvalue weighted by Gasteiger charge is -2.31. The highest BCUT2D eigenvalue weighted by Crippen LogP contribution is 2.21. The van der Waals surface area contributed by atoms with E-state index in [4.69, 9.17) is 4.74 Å². The van der Waals surface area contributed by atoms with Crippen molar-refractivity contribution >= 4 is 5.78 Å². The summed E-state index contributed by atoms with van der Waals surface area (Å²) in [6, 6.07) is 0.502. The molecule has 14 heavy (non-hydrogen) atoms. The maximum Gasteiger partial charge on any atom is 0.149 e. The molecule has 1 rings (SSSR count). The third-order valence-corrected chi connectivity index (χ3v) is 3.01. The molecule has 2 unspecified atom stereocenters. The molecule has 3 nitrogen and oxygen atoms in total. The van der Waals surface area contributed by atoms with E-state index in [1.54, 1.807) is 7.11 Å². The van der Waals surface area contributed by atoms with Gasteiger partial charge in [0.2, 0.25) is 0 Å². The van der Waals surface area contributed by atoms with Gasteiger partial charge in [0.15, 0.2) is 0 Å². The lowest BCUT2D eigenvalue weighted by Crippen LogP contribution is -2.45. The highest BCUT2D eigenvalue weighted by molar-refractivity contribution is 5.85. The summed E-state index contributed by atoms with van der Waals surface area (Å²) in [6.45, 7) is 5.87. The number of Topliss-reactive ketones (excluding diaryl/α,β-unsaturated/α-hetero) is 1. The second-order valence-corrected chi connectivity index (χ2v) is 4.01. The monoisotopic (exact) mass is 199 g/mol. The highest BCUT2D eigenvalue weighted by Gasteiger charge is 2.31. The van der Waals surface area contributed by atoms with Crippen molar-refractivity contribution in [1.29, 1.82) is 0 Å². The van der Waals surface area contributed by atoms with E-state index in [0.717, 1.165) is 25.8 Å². The smallest absolute Gasteiger partial charge is 0.149 e. The van der Waals surface area contributed by atoms with Gasteiger partial charge in [-0.2, -0.15) is 0 Å². The predicted octanol–water partition coefficient (Wildman–Crippen LogP) is 1.46. The maximum absolute atomic E-state index is 11.6. The first kappa shape index (κ1) is 11.7. The zero-order chi connectivity index (χ0) is 10.6. The molecule has 0 saturated heterocycles. The van der Waals surface area contributed by atoms with Crippen LogP contribution in [0.2, 0.25) is 0 Å². The molecule has 1 aliphatic rings. The number of likely N-dealkylation sites (N-methyl/N-ethyl adjacent to an activating group) is 1. The van der Waals surface area contributed by atoms with Crippen LogP contribution < -0.4 is 0 Å². The Kier molecular flexibility index (Phi) is 4.55. The molecule has 0 aromatic rings. The Balaban J connectivity index is 2.55. The van der Waals surface area contributed by atoms with Crippen molar-refractivity contribution in [1.82, 2.24) is 4.90 Å². The van der Waals surface area contributed by atoms with Crippen molar-refractivity contribution in [2.24, 2.45) is 0 Å². The van der Waals surface area contributed by atoms with Crippen molar-refractivity contribution < 1.29 is 9.53 Å². The highest BCUT2D eigenvalue weighted by atomic mass is 16.5. The van der Waals surface area contributed by atoms with Gasteiger partial charge in [-0.05, 0) is 26.3 Å². The van der Waals surface area contributed by atoms with Crippen LogP contribution in [0, 0.1) is 0 Å². The van der Waals surface area contributed by atoms with Crippen LogP contribution in [0.3, 0.4) is 0 Å². The van der Waals surface area contributed by atoms with Gasteiger partial charge in [0.1, 0.15) is 5.78 Å². The van der Waals surface area contributed by atoms with Crippen LogP contribution in [0.25, 0.3) is 0 Å². The molecule has 0 N–H and O–H groups in total. The number of carbonyl (C=O) groups excluding carboxylic acids is 1. The lowest BCUT2D eigenvalue weighted by molar-refractivity contribution is -0.123. The summed E-state index contributed by atoms with van der Waals surface area (Å²) < 4.78 is 5.13. The van der Waals surface area contributed by atoms with Crippen LogP contribution in [0.4, 0.5) is 0 Å². The van der Waals surface area contributed by atoms with E-state index >= 15 is 0 Å². The fourth-order valence-electron chi connectivity index (χ4n) is 2.32. The molecule has 0 radical (unpaired) electrons. The van der Waals surface area contributed by atoms with Gasteiger partial charge in [-0.25, -0.2) is 0 Å². The molecular formula is C11H21NO2. The van der Waals surface area contributed by atoms with Gasteiger partial charge in [-0.15, -0.1) is 0 Å². The summed E-state index contributed by atoms with van der Waals surface area (Å²) in [5.74, 6) is 0.412. The third-order valence-electron chi connectivity index (χ3n) is 3.01. The average Bonchev–Trinajstić information content (AvgIpc) is 2.54. The Labute approximate surface area is 86.4 Å². The van der Waals surface area contributed by atoms with E-state index in [2.05, 4.69) is 18.7 Å². The first-order valence-electron chi connectivity index (χ1n) is 5.48. The SMILES string of the molecule is CCN(C(C)COC)C1CCCC1=O. The molecule has 0 aromatic carbocycles. The first-order chi connectivity index (χ1) is 6.70. The van der Waals surface area contributed by atoms with E-state index in [1.807, 2.05) is 0 Å². The predicted molar refractivity (Wildman–Crippen MR) is 56.4 cm³/mol. The summed E-state index contributed by atoms with van der Waals surface area (Å²) in [7, 11) is 1.71. The van der Waals surface area contributed by atoms with Crippen molar-refractivity contribution in [3.05, 3.63) is 0 Å². The Hall–Kier alpha value is -0.410. The van der Waals surface area contributed by atoms with Crippen LogP contribution in [-0.2, 0) is 9.53 Å². The Bertz CT molecular complexity index is 194. The quantitative estimate of drug-likeness (QED) is 0.671. The summed E-state index contributed by atoms with van der Waals surface area (Å²) in [6.07, 6.45) is 2.85.